The van der Waals surface area contributed by atoms with Gasteiger partial charge in [0, 0.05) is 12.6 Å². The van der Waals surface area contributed by atoms with Gasteiger partial charge in [0.2, 0.25) is 5.91 Å². The first-order valence-electron chi connectivity index (χ1n) is 9.05. The molecule has 7 nitrogen and oxygen atoms in total. The van der Waals surface area contributed by atoms with E-state index in [0.717, 1.165) is 22.5 Å². The van der Waals surface area contributed by atoms with Gasteiger partial charge in [-0.05, 0) is 43.7 Å². The number of benzene rings is 2. The highest BCUT2D eigenvalue weighted by Gasteiger charge is 2.14. The maximum atomic E-state index is 12.9. The largest absolute Gasteiger partial charge is 0.336 e. The fraction of sp³-hybridized carbons (Fsp3) is 0.300. The Hall–Kier alpha value is -2.87. The van der Waals surface area contributed by atoms with Crippen LogP contribution < -0.4 is 16.2 Å². The summed E-state index contributed by atoms with van der Waals surface area (Å²) in [5, 5.41) is 7.84. The molecule has 3 aromatic rings. The number of rotatable bonds is 5. The Morgan fingerprint density at radius 3 is 2.50 bits per heavy atom. The van der Waals surface area contributed by atoms with Crippen molar-refractivity contribution in [3.63, 3.8) is 0 Å². The second kappa shape index (κ2) is 8.43. The number of nitrogens with one attached hydrogen (secondary N) is 2. The van der Waals surface area contributed by atoms with Crippen molar-refractivity contribution >= 4 is 45.4 Å². The Bertz CT molecular complexity index is 1110. The van der Waals surface area contributed by atoms with Crippen molar-refractivity contribution < 1.29 is 9.59 Å². The summed E-state index contributed by atoms with van der Waals surface area (Å²) >= 11 is 1.13. The van der Waals surface area contributed by atoms with Crippen LogP contribution in [-0.4, -0.2) is 33.3 Å². The Kier molecular flexibility index (Phi) is 5.99. The summed E-state index contributed by atoms with van der Waals surface area (Å²) in [4.78, 5) is 41.2. The number of carbonyl (C=O) groups excluding carboxylic acids is 2. The van der Waals surface area contributed by atoms with E-state index in [1.54, 1.807) is 18.4 Å². The number of thioether (sulfide) groups is 1. The zero-order chi connectivity index (χ0) is 20.3. The molecule has 0 saturated heterocycles. The number of imide groups is 1. The first kappa shape index (κ1) is 19.9. The molecule has 1 heterocycles. The lowest BCUT2D eigenvalue weighted by Crippen LogP contribution is -2.43. The van der Waals surface area contributed by atoms with E-state index >= 15 is 0 Å². The Morgan fingerprint density at radius 1 is 1.18 bits per heavy atom. The van der Waals surface area contributed by atoms with Crippen LogP contribution in [0.4, 0.5) is 4.79 Å². The van der Waals surface area contributed by atoms with Gasteiger partial charge >= 0.3 is 6.03 Å². The van der Waals surface area contributed by atoms with Crippen LogP contribution in [0.15, 0.2) is 46.3 Å². The molecular weight excluding hydrogens is 376 g/mol. The third-order valence-electron chi connectivity index (χ3n) is 4.11. The molecule has 0 aliphatic heterocycles. The first-order chi connectivity index (χ1) is 13.4. The zero-order valence-electron chi connectivity index (χ0n) is 16.0. The van der Waals surface area contributed by atoms with E-state index in [1.165, 1.54) is 0 Å². The number of amides is 3. The van der Waals surface area contributed by atoms with Crippen molar-refractivity contribution in [1.29, 1.82) is 0 Å². The molecule has 0 bridgehead atoms. The van der Waals surface area contributed by atoms with Gasteiger partial charge < -0.3 is 5.32 Å². The lowest BCUT2D eigenvalue weighted by atomic mass is 10.1. The smallest absolute Gasteiger partial charge is 0.321 e. The minimum absolute atomic E-state index is 0.0168. The maximum Gasteiger partial charge on any atom is 0.321 e. The highest BCUT2D eigenvalue weighted by atomic mass is 32.2. The first-order valence-corrected chi connectivity index (χ1v) is 10.0. The van der Waals surface area contributed by atoms with Crippen LogP contribution >= 0.6 is 11.8 Å². The van der Waals surface area contributed by atoms with E-state index in [9.17, 15) is 14.4 Å². The number of nitrogens with zero attached hydrogens (tertiary/aromatic N) is 2. The van der Waals surface area contributed by atoms with Gasteiger partial charge in [-0.3, -0.25) is 19.5 Å². The highest BCUT2D eigenvalue weighted by molar-refractivity contribution is 7.99. The standard InChI is InChI=1S/C20H22N4O3S/c1-4-24-18(26)15-9-13-7-5-6-8-14(13)10-16(15)22-20(24)28-11-17(25)23-19(27)21-12(2)3/h5-10,12H,4,11H2,1-3H3,(H2,21,23,25,27). The van der Waals surface area contributed by atoms with E-state index in [0.29, 0.717) is 22.6 Å². The predicted octanol–water partition coefficient (Wildman–Crippen LogP) is 2.90. The number of hydrogen-bond acceptors (Lipinski definition) is 5. The van der Waals surface area contributed by atoms with Gasteiger partial charge in [-0.1, -0.05) is 36.0 Å². The third kappa shape index (κ3) is 4.33. The fourth-order valence-electron chi connectivity index (χ4n) is 2.87. The Morgan fingerprint density at radius 2 is 1.86 bits per heavy atom. The molecule has 0 spiro atoms. The van der Waals surface area contributed by atoms with Crippen molar-refractivity contribution in [3.05, 3.63) is 46.8 Å². The van der Waals surface area contributed by atoms with E-state index in [2.05, 4.69) is 15.6 Å². The van der Waals surface area contributed by atoms with Gasteiger partial charge in [-0.2, -0.15) is 0 Å². The molecule has 2 N–H and O–H groups in total. The molecule has 0 atom stereocenters. The zero-order valence-corrected chi connectivity index (χ0v) is 16.8. The molecule has 28 heavy (non-hydrogen) atoms. The molecular formula is C20H22N4O3S. The molecule has 1 aromatic heterocycles. The van der Waals surface area contributed by atoms with E-state index < -0.39 is 11.9 Å². The number of urea groups is 1. The van der Waals surface area contributed by atoms with Crippen LogP contribution in [0.1, 0.15) is 20.8 Å². The van der Waals surface area contributed by atoms with E-state index in [1.807, 2.05) is 43.3 Å². The average Bonchev–Trinajstić information content (AvgIpc) is 2.64. The van der Waals surface area contributed by atoms with Crippen molar-refractivity contribution in [2.75, 3.05) is 5.75 Å². The minimum atomic E-state index is -0.536. The van der Waals surface area contributed by atoms with Crippen molar-refractivity contribution in [2.45, 2.75) is 38.5 Å². The Labute approximate surface area is 166 Å². The monoisotopic (exact) mass is 398 g/mol. The molecule has 2 aromatic carbocycles. The quantitative estimate of drug-likeness (QED) is 0.392. The van der Waals surface area contributed by atoms with E-state index in [-0.39, 0.29) is 17.4 Å². The molecule has 0 aliphatic rings. The van der Waals surface area contributed by atoms with Crippen LogP contribution in [0.2, 0.25) is 0 Å². The van der Waals surface area contributed by atoms with Gasteiger partial charge in [-0.25, -0.2) is 9.78 Å². The highest BCUT2D eigenvalue weighted by Crippen LogP contribution is 2.22. The molecule has 3 rings (SSSR count). The molecule has 8 heteroatoms. The Balaban J connectivity index is 1.88. The average molecular weight is 398 g/mol. The van der Waals surface area contributed by atoms with Crippen molar-refractivity contribution in [1.82, 2.24) is 20.2 Å². The molecule has 3 amide bonds. The number of fused-ring (bicyclic) bond motifs is 2. The van der Waals surface area contributed by atoms with Gasteiger partial charge in [0.25, 0.3) is 5.56 Å². The van der Waals surface area contributed by atoms with Gasteiger partial charge in [0.15, 0.2) is 5.16 Å². The fourth-order valence-corrected chi connectivity index (χ4v) is 3.73. The molecule has 0 fully saturated rings. The van der Waals surface area contributed by atoms with Gasteiger partial charge in [0.05, 0.1) is 16.7 Å². The molecule has 146 valence electrons. The summed E-state index contributed by atoms with van der Waals surface area (Å²) in [6.45, 7) is 5.91. The second-order valence-corrected chi connectivity index (χ2v) is 7.57. The summed E-state index contributed by atoms with van der Waals surface area (Å²) in [5.41, 5.74) is 0.451. The summed E-state index contributed by atoms with van der Waals surface area (Å²) in [7, 11) is 0. The lowest BCUT2D eigenvalue weighted by molar-refractivity contribution is -0.117. The summed E-state index contributed by atoms with van der Waals surface area (Å²) in [6, 6.07) is 10.9. The number of aromatic nitrogens is 2. The van der Waals surface area contributed by atoms with Crippen LogP contribution in [0, 0.1) is 0 Å². The molecule has 0 aliphatic carbocycles. The number of hydrogen-bond donors (Lipinski definition) is 2. The van der Waals surface area contributed by atoms with Crippen LogP contribution in [-0.2, 0) is 11.3 Å². The maximum absolute atomic E-state index is 12.9. The van der Waals surface area contributed by atoms with E-state index in [4.69, 9.17) is 0 Å². The topological polar surface area (TPSA) is 93.1 Å². The third-order valence-corrected chi connectivity index (χ3v) is 5.08. The lowest BCUT2D eigenvalue weighted by Gasteiger charge is -2.12. The van der Waals surface area contributed by atoms with Crippen LogP contribution in [0.25, 0.3) is 21.7 Å². The summed E-state index contributed by atoms with van der Waals surface area (Å²) < 4.78 is 1.54. The van der Waals surface area contributed by atoms with Gasteiger partial charge in [0.1, 0.15) is 0 Å². The van der Waals surface area contributed by atoms with Crippen LogP contribution in [0.5, 0.6) is 0 Å². The normalized spacial score (nSPS) is 11.1. The SMILES string of the molecule is CCn1c(SCC(=O)NC(=O)NC(C)C)nc2cc3ccccc3cc2c1=O. The van der Waals surface area contributed by atoms with Crippen molar-refractivity contribution in [2.24, 2.45) is 0 Å². The molecule has 0 radical (unpaired) electrons. The molecule has 0 unspecified atom stereocenters. The second-order valence-electron chi connectivity index (χ2n) is 6.63. The minimum Gasteiger partial charge on any atom is -0.336 e. The van der Waals surface area contributed by atoms with Gasteiger partial charge in [-0.15, -0.1) is 0 Å². The van der Waals surface area contributed by atoms with Crippen molar-refractivity contribution in [3.8, 4) is 0 Å². The summed E-state index contributed by atoms with van der Waals surface area (Å²) in [6.07, 6.45) is 0. The number of carbonyl (C=O) groups is 2. The van der Waals surface area contributed by atoms with Crippen LogP contribution in [0.3, 0.4) is 0 Å². The summed E-state index contributed by atoms with van der Waals surface area (Å²) in [5.74, 6) is -0.463. The predicted molar refractivity (Wildman–Crippen MR) is 112 cm³/mol. The molecule has 0 saturated carbocycles.